The summed E-state index contributed by atoms with van der Waals surface area (Å²) in [6, 6.07) is 3.63. The van der Waals surface area contributed by atoms with Crippen LogP contribution in [0, 0.1) is 20.8 Å². The molecule has 31 heavy (non-hydrogen) atoms. The third kappa shape index (κ3) is 5.34. The van der Waals surface area contributed by atoms with Gasteiger partial charge in [-0.25, -0.2) is 8.42 Å². The van der Waals surface area contributed by atoms with Gasteiger partial charge in [-0.05, 0) is 60.6 Å². The Bertz CT molecular complexity index is 1090. The van der Waals surface area contributed by atoms with Crippen molar-refractivity contribution in [2.75, 3.05) is 4.72 Å². The SMILES string of the molecule is Cc1cc(C(C)(C)C)cc(C)c1S(=O)(=O)Nc1cc(C(F)(F)F)cc(C(F)(F)F)c1C. The first kappa shape index (κ1) is 25.0. The molecule has 172 valence electrons. The highest BCUT2D eigenvalue weighted by atomic mass is 32.2. The van der Waals surface area contributed by atoms with Crippen LogP contribution in [-0.4, -0.2) is 8.42 Å². The van der Waals surface area contributed by atoms with Gasteiger partial charge in [0.2, 0.25) is 0 Å². The standard InChI is InChI=1S/C21H23F6NO2S/c1-11-7-14(19(4,5)6)8-12(2)18(11)31(29,30)28-17-10-15(20(22,23)24)9-16(13(17)3)21(25,26)27/h7-10,28H,1-6H3. The number of alkyl halides is 6. The van der Waals surface area contributed by atoms with Crippen LogP contribution in [0.15, 0.2) is 29.2 Å². The number of aryl methyl sites for hydroxylation is 2. The highest BCUT2D eigenvalue weighted by Crippen LogP contribution is 2.41. The molecule has 0 aliphatic rings. The number of hydrogen-bond acceptors (Lipinski definition) is 2. The van der Waals surface area contributed by atoms with E-state index in [-0.39, 0.29) is 16.4 Å². The smallest absolute Gasteiger partial charge is 0.279 e. The van der Waals surface area contributed by atoms with Crippen LogP contribution in [0.2, 0.25) is 0 Å². The molecule has 0 unspecified atom stereocenters. The van der Waals surface area contributed by atoms with Gasteiger partial charge in [0.05, 0.1) is 21.7 Å². The van der Waals surface area contributed by atoms with Crippen molar-refractivity contribution >= 4 is 15.7 Å². The summed E-state index contributed by atoms with van der Waals surface area (Å²) < 4.78 is 107. The second-order valence-electron chi connectivity index (χ2n) is 8.49. The molecule has 0 heterocycles. The summed E-state index contributed by atoms with van der Waals surface area (Å²) in [5.74, 6) is 0. The normalized spacial score (nSPS) is 13.4. The summed E-state index contributed by atoms with van der Waals surface area (Å²) in [6.45, 7) is 9.76. The van der Waals surface area contributed by atoms with Crippen molar-refractivity contribution in [1.29, 1.82) is 0 Å². The second kappa shape index (κ2) is 7.72. The quantitative estimate of drug-likeness (QED) is 0.508. The van der Waals surface area contributed by atoms with E-state index >= 15 is 0 Å². The van der Waals surface area contributed by atoms with Crippen molar-refractivity contribution < 1.29 is 34.8 Å². The zero-order valence-corrected chi connectivity index (χ0v) is 18.6. The number of hydrogen-bond donors (Lipinski definition) is 1. The maximum absolute atomic E-state index is 13.3. The van der Waals surface area contributed by atoms with Gasteiger partial charge in [0.1, 0.15) is 0 Å². The highest BCUT2D eigenvalue weighted by molar-refractivity contribution is 7.92. The Morgan fingerprint density at radius 1 is 0.742 bits per heavy atom. The van der Waals surface area contributed by atoms with E-state index in [1.807, 2.05) is 25.5 Å². The zero-order chi connectivity index (χ0) is 24.2. The summed E-state index contributed by atoms with van der Waals surface area (Å²) in [5, 5.41) is 0. The summed E-state index contributed by atoms with van der Waals surface area (Å²) in [4.78, 5) is -0.189. The lowest BCUT2D eigenvalue weighted by Crippen LogP contribution is -2.20. The van der Waals surface area contributed by atoms with E-state index in [1.54, 1.807) is 12.1 Å². The Hall–Kier alpha value is -2.23. The molecule has 0 amide bonds. The molecule has 0 atom stereocenters. The van der Waals surface area contributed by atoms with Gasteiger partial charge in [0.25, 0.3) is 10.0 Å². The van der Waals surface area contributed by atoms with Crippen LogP contribution in [0.5, 0.6) is 0 Å². The molecule has 2 rings (SSSR count). The zero-order valence-electron chi connectivity index (χ0n) is 17.8. The van der Waals surface area contributed by atoms with Crippen LogP contribution < -0.4 is 4.72 Å². The van der Waals surface area contributed by atoms with E-state index in [9.17, 15) is 34.8 Å². The van der Waals surface area contributed by atoms with Crippen LogP contribution in [0.1, 0.15) is 54.2 Å². The van der Waals surface area contributed by atoms with Crippen molar-refractivity contribution in [3.05, 3.63) is 57.6 Å². The van der Waals surface area contributed by atoms with Crippen molar-refractivity contribution in [3.8, 4) is 0 Å². The lowest BCUT2D eigenvalue weighted by Gasteiger charge is -2.23. The van der Waals surface area contributed by atoms with Gasteiger partial charge in [-0.1, -0.05) is 32.9 Å². The molecule has 1 N–H and O–H groups in total. The van der Waals surface area contributed by atoms with Crippen molar-refractivity contribution in [2.24, 2.45) is 0 Å². The van der Waals surface area contributed by atoms with Crippen LogP contribution in [0.25, 0.3) is 0 Å². The molecule has 0 bridgehead atoms. The first-order valence-electron chi connectivity index (χ1n) is 9.18. The Morgan fingerprint density at radius 3 is 1.61 bits per heavy atom. The molecule has 0 aliphatic carbocycles. The average molecular weight is 467 g/mol. The predicted molar refractivity (Wildman–Crippen MR) is 107 cm³/mol. The number of rotatable bonds is 3. The van der Waals surface area contributed by atoms with Gasteiger partial charge in [-0.3, -0.25) is 4.72 Å². The molecule has 2 aromatic rings. The molecule has 10 heteroatoms. The van der Waals surface area contributed by atoms with Crippen molar-refractivity contribution in [2.45, 2.75) is 64.2 Å². The molecule has 2 aromatic carbocycles. The van der Waals surface area contributed by atoms with Crippen LogP contribution in [-0.2, 0) is 27.8 Å². The van der Waals surface area contributed by atoms with Crippen molar-refractivity contribution in [3.63, 3.8) is 0 Å². The largest absolute Gasteiger partial charge is 0.416 e. The van der Waals surface area contributed by atoms with E-state index in [0.29, 0.717) is 17.2 Å². The second-order valence-corrected chi connectivity index (χ2v) is 10.1. The summed E-state index contributed by atoms with van der Waals surface area (Å²) in [7, 11) is -4.47. The van der Waals surface area contributed by atoms with E-state index in [2.05, 4.69) is 0 Å². The molecule has 3 nitrogen and oxygen atoms in total. The number of sulfonamides is 1. The number of nitrogens with one attached hydrogen (secondary N) is 1. The van der Waals surface area contributed by atoms with E-state index in [4.69, 9.17) is 0 Å². The van der Waals surface area contributed by atoms with Gasteiger partial charge < -0.3 is 0 Å². The van der Waals surface area contributed by atoms with E-state index in [1.165, 1.54) is 13.8 Å². The highest BCUT2D eigenvalue weighted by Gasteiger charge is 2.39. The monoisotopic (exact) mass is 467 g/mol. The van der Waals surface area contributed by atoms with Crippen LogP contribution >= 0.6 is 0 Å². The number of anilines is 1. The molecular weight excluding hydrogens is 444 g/mol. The first-order chi connectivity index (χ1) is 13.7. The fraction of sp³-hybridized carbons (Fsp3) is 0.429. The van der Waals surface area contributed by atoms with E-state index in [0.717, 1.165) is 12.5 Å². The fourth-order valence-corrected chi connectivity index (χ4v) is 4.85. The maximum atomic E-state index is 13.3. The lowest BCUT2D eigenvalue weighted by molar-refractivity contribution is -0.143. The molecule has 0 saturated heterocycles. The minimum atomic E-state index is -5.09. The third-order valence-electron chi connectivity index (χ3n) is 4.88. The topological polar surface area (TPSA) is 46.2 Å². The summed E-state index contributed by atoms with van der Waals surface area (Å²) in [6.07, 6.45) is -10.2. The minimum Gasteiger partial charge on any atom is -0.279 e. The van der Waals surface area contributed by atoms with Crippen LogP contribution in [0.4, 0.5) is 32.0 Å². The Morgan fingerprint density at radius 2 is 1.23 bits per heavy atom. The van der Waals surface area contributed by atoms with Gasteiger partial charge >= 0.3 is 12.4 Å². The van der Waals surface area contributed by atoms with Crippen LogP contribution in [0.3, 0.4) is 0 Å². The summed E-state index contributed by atoms with van der Waals surface area (Å²) >= 11 is 0. The molecule has 0 aliphatic heterocycles. The third-order valence-corrected chi connectivity index (χ3v) is 6.55. The van der Waals surface area contributed by atoms with Crippen molar-refractivity contribution in [1.82, 2.24) is 0 Å². The van der Waals surface area contributed by atoms with E-state index < -0.39 is 44.8 Å². The summed E-state index contributed by atoms with van der Waals surface area (Å²) in [5.41, 5.74) is -3.36. The Kier molecular flexibility index (Phi) is 6.23. The lowest BCUT2D eigenvalue weighted by atomic mass is 9.85. The molecule has 0 saturated carbocycles. The molecule has 0 spiro atoms. The van der Waals surface area contributed by atoms with Gasteiger partial charge in [-0.15, -0.1) is 0 Å². The van der Waals surface area contributed by atoms with Gasteiger partial charge in [-0.2, -0.15) is 26.3 Å². The molecule has 0 radical (unpaired) electrons. The molecule has 0 fully saturated rings. The first-order valence-corrected chi connectivity index (χ1v) is 10.7. The Labute approximate surface area is 177 Å². The minimum absolute atomic E-state index is 0.0260. The van der Waals surface area contributed by atoms with Gasteiger partial charge in [0, 0.05) is 0 Å². The molecule has 0 aromatic heterocycles. The number of halogens is 6. The fourth-order valence-electron chi connectivity index (χ4n) is 3.28. The Balaban J connectivity index is 2.68. The van der Waals surface area contributed by atoms with Gasteiger partial charge in [0.15, 0.2) is 0 Å². The molecular formula is C21H23F6NO2S. The number of benzene rings is 2. The average Bonchev–Trinajstić information content (AvgIpc) is 2.52. The maximum Gasteiger partial charge on any atom is 0.416 e. The predicted octanol–water partition coefficient (Wildman–Crippen LogP) is 6.75.